The molecule has 4 aromatic rings. The summed E-state index contributed by atoms with van der Waals surface area (Å²) in [7, 11) is 0. The second-order valence-corrected chi connectivity index (χ2v) is 8.18. The molecule has 0 aliphatic heterocycles. The minimum atomic E-state index is -0.468. The maximum Gasteiger partial charge on any atom is 0.214 e. The van der Waals surface area contributed by atoms with Crippen LogP contribution in [0.5, 0.6) is 0 Å². The third kappa shape index (κ3) is 3.65. The molecule has 0 aliphatic carbocycles. The van der Waals surface area contributed by atoms with Crippen molar-refractivity contribution in [3.8, 4) is 11.8 Å². The lowest BCUT2D eigenvalue weighted by molar-refractivity contribution is 0.401. The summed E-state index contributed by atoms with van der Waals surface area (Å²) in [5, 5.41) is 32.4. The molecule has 9 heteroatoms. The van der Waals surface area contributed by atoms with Gasteiger partial charge in [0.05, 0.1) is 22.0 Å². The van der Waals surface area contributed by atoms with E-state index in [1.165, 1.54) is 17.3 Å². The quantitative estimate of drug-likeness (QED) is 0.285. The summed E-state index contributed by atoms with van der Waals surface area (Å²) in [4.78, 5) is 7.50. The van der Waals surface area contributed by atoms with Gasteiger partial charge in [0, 0.05) is 0 Å². The number of thioether (sulfide) groups is 1. The smallest absolute Gasteiger partial charge is 0.214 e. The summed E-state index contributed by atoms with van der Waals surface area (Å²) in [6.45, 7) is 5.86. The topological polar surface area (TPSA) is 116 Å². The van der Waals surface area contributed by atoms with Crippen molar-refractivity contribution in [2.75, 3.05) is 0 Å². The highest BCUT2D eigenvalue weighted by molar-refractivity contribution is 7.99. The second kappa shape index (κ2) is 8.00. The number of hydrogen-bond donors (Lipinski definition) is 2. The summed E-state index contributed by atoms with van der Waals surface area (Å²) >= 11 is 1.26. The van der Waals surface area contributed by atoms with E-state index in [0.717, 1.165) is 22.3 Å². The van der Waals surface area contributed by atoms with Gasteiger partial charge in [-0.3, -0.25) is 0 Å². The van der Waals surface area contributed by atoms with Crippen molar-refractivity contribution >= 4 is 28.4 Å². The lowest BCUT2D eigenvalue weighted by Crippen LogP contribution is -2.08. The first-order chi connectivity index (χ1) is 14.5. The molecule has 0 spiro atoms. The van der Waals surface area contributed by atoms with Crippen molar-refractivity contribution in [1.82, 2.24) is 30.2 Å². The zero-order valence-electron chi connectivity index (χ0n) is 16.7. The Morgan fingerprint density at radius 2 is 2.00 bits per heavy atom. The number of nitrogens with zero attached hydrogens (tertiary/aromatic N) is 6. The van der Waals surface area contributed by atoms with Gasteiger partial charge in [-0.25, -0.2) is 4.98 Å². The van der Waals surface area contributed by atoms with Crippen LogP contribution in [-0.4, -0.2) is 40.5 Å². The van der Waals surface area contributed by atoms with E-state index < -0.39 is 5.25 Å². The molecular weight excluding hydrogens is 398 g/mol. The Kier molecular flexibility index (Phi) is 5.25. The van der Waals surface area contributed by atoms with Crippen molar-refractivity contribution < 1.29 is 5.11 Å². The number of para-hydroxylation sites is 2. The largest absolute Gasteiger partial charge is 0.510 e. The van der Waals surface area contributed by atoms with E-state index >= 15 is 0 Å². The average molecular weight is 417 g/mol. The summed E-state index contributed by atoms with van der Waals surface area (Å²) in [5.41, 5.74) is 4.76. The van der Waals surface area contributed by atoms with E-state index in [1.54, 1.807) is 11.6 Å². The number of H-pyrrole nitrogens is 1. The molecule has 0 amide bonds. The minimum absolute atomic E-state index is 0.0869. The van der Waals surface area contributed by atoms with Crippen molar-refractivity contribution in [2.24, 2.45) is 0 Å². The van der Waals surface area contributed by atoms with Gasteiger partial charge in [-0.1, -0.05) is 30.0 Å². The maximum atomic E-state index is 10.8. The number of allylic oxidation sites excluding steroid dienone is 1. The Bertz CT molecular complexity index is 1270. The molecule has 0 saturated heterocycles. The van der Waals surface area contributed by atoms with Crippen LogP contribution in [0.25, 0.3) is 22.3 Å². The van der Waals surface area contributed by atoms with E-state index in [9.17, 15) is 10.4 Å². The van der Waals surface area contributed by atoms with Gasteiger partial charge in [-0.2, -0.15) is 9.94 Å². The maximum absolute atomic E-state index is 10.8. The molecule has 4 rings (SSSR count). The molecule has 0 saturated carbocycles. The fourth-order valence-electron chi connectivity index (χ4n) is 2.99. The van der Waals surface area contributed by atoms with Crippen LogP contribution in [0.1, 0.15) is 23.9 Å². The van der Waals surface area contributed by atoms with Crippen LogP contribution in [0.4, 0.5) is 0 Å². The summed E-state index contributed by atoms with van der Waals surface area (Å²) in [5.74, 6) is 0.244. The van der Waals surface area contributed by atoms with Gasteiger partial charge in [-0.15, -0.1) is 5.10 Å². The Hall–Kier alpha value is -3.64. The SMILES string of the molecule is Cc1ccc(-n2nnnc2S[C@@H](C)/C(O)=C(\C#N)c2nc3ccccc3[nH]2)cc1C. The molecular formula is C21H19N7OS. The lowest BCUT2D eigenvalue weighted by atomic mass is 10.1. The highest BCUT2D eigenvalue weighted by Gasteiger charge is 2.22. The first-order valence-electron chi connectivity index (χ1n) is 9.29. The molecule has 0 aliphatic rings. The van der Waals surface area contributed by atoms with Crippen LogP contribution < -0.4 is 0 Å². The van der Waals surface area contributed by atoms with Gasteiger partial charge in [0.15, 0.2) is 5.82 Å². The predicted octanol–water partition coefficient (Wildman–Crippen LogP) is 4.13. The molecule has 2 N–H and O–H groups in total. The molecule has 2 aromatic heterocycles. The number of aromatic nitrogens is 6. The third-order valence-electron chi connectivity index (χ3n) is 4.84. The van der Waals surface area contributed by atoms with Crippen LogP contribution in [-0.2, 0) is 0 Å². The number of nitrogens with one attached hydrogen (secondary N) is 1. The molecule has 0 radical (unpaired) electrons. The third-order valence-corrected chi connectivity index (χ3v) is 5.88. The van der Waals surface area contributed by atoms with Crippen LogP contribution in [0, 0.1) is 25.2 Å². The number of aliphatic hydroxyl groups is 1. The predicted molar refractivity (Wildman–Crippen MR) is 115 cm³/mol. The number of aryl methyl sites for hydroxylation is 2. The number of benzene rings is 2. The molecule has 0 unspecified atom stereocenters. The van der Waals surface area contributed by atoms with Gasteiger partial charge < -0.3 is 10.1 Å². The zero-order valence-corrected chi connectivity index (χ0v) is 17.5. The van der Waals surface area contributed by atoms with Crippen LogP contribution in [0.2, 0.25) is 0 Å². The molecule has 8 nitrogen and oxygen atoms in total. The van der Waals surface area contributed by atoms with Crippen molar-refractivity contribution in [1.29, 1.82) is 5.26 Å². The number of fused-ring (bicyclic) bond motifs is 1. The van der Waals surface area contributed by atoms with Gasteiger partial charge in [0.2, 0.25) is 5.16 Å². The fourth-order valence-corrected chi connectivity index (χ4v) is 3.86. The summed E-state index contributed by atoms with van der Waals surface area (Å²) in [6, 6.07) is 15.5. The van der Waals surface area contributed by atoms with Gasteiger partial charge >= 0.3 is 0 Å². The van der Waals surface area contributed by atoms with E-state index in [-0.39, 0.29) is 11.3 Å². The van der Waals surface area contributed by atoms with Gasteiger partial charge in [0.25, 0.3) is 0 Å². The van der Waals surface area contributed by atoms with Gasteiger partial charge in [-0.05, 0) is 66.6 Å². The normalized spacial score (nSPS) is 13.1. The standard InChI is InChI=1S/C21H19N7OS/c1-12-8-9-15(10-13(12)2)28-21(25-26-27-28)30-14(3)19(29)16(11-22)20-23-17-6-4-5-7-18(17)24-20/h4-10,14,29H,1-3H3,(H,23,24)/b19-16-/t14-/m0/s1. The number of aromatic amines is 1. The van der Waals surface area contributed by atoms with Crippen LogP contribution in [0.15, 0.2) is 53.4 Å². The Morgan fingerprint density at radius 3 is 2.73 bits per heavy atom. The zero-order chi connectivity index (χ0) is 21.3. The van der Waals surface area contributed by atoms with Gasteiger partial charge in [0.1, 0.15) is 17.4 Å². The number of imidazole rings is 1. The molecule has 2 heterocycles. The number of aliphatic hydroxyl groups excluding tert-OH is 1. The number of hydrogen-bond acceptors (Lipinski definition) is 7. The highest BCUT2D eigenvalue weighted by atomic mass is 32.2. The minimum Gasteiger partial charge on any atom is -0.510 e. The molecule has 150 valence electrons. The molecule has 30 heavy (non-hydrogen) atoms. The first kappa shape index (κ1) is 19.7. The monoisotopic (exact) mass is 417 g/mol. The Labute approximate surface area is 177 Å². The number of tetrazole rings is 1. The molecule has 0 fully saturated rings. The fraction of sp³-hybridized carbons (Fsp3) is 0.190. The van der Waals surface area contributed by atoms with E-state index in [1.807, 2.05) is 56.3 Å². The molecule has 0 bridgehead atoms. The first-order valence-corrected chi connectivity index (χ1v) is 10.2. The Morgan fingerprint density at radius 1 is 1.20 bits per heavy atom. The average Bonchev–Trinajstić information content (AvgIpc) is 3.37. The van der Waals surface area contributed by atoms with E-state index in [4.69, 9.17) is 0 Å². The lowest BCUT2D eigenvalue weighted by Gasteiger charge is -2.12. The molecule has 2 aromatic carbocycles. The van der Waals surface area contributed by atoms with Crippen molar-refractivity contribution in [3.05, 3.63) is 65.2 Å². The number of rotatable bonds is 5. The summed E-state index contributed by atoms with van der Waals surface area (Å²) in [6.07, 6.45) is 0. The van der Waals surface area contributed by atoms with E-state index in [2.05, 4.69) is 31.6 Å². The second-order valence-electron chi connectivity index (χ2n) is 6.88. The Balaban J connectivity index is 1.65. The van der Waals surface area contributed by atoms with Crippen LogP contribution >= 0.6 is 11.8 Å². The van der Waals surface area contributed by atoms with Crippen molar-refractivity contribution in [2.45, 2.75) is 31.2 Å². The summed E-state index contributed by atoms with van der Waals surface area (Å²) < 4.78 is 1.62. The highest BCUT2D eigenvalue weighted by Crippen LogP contribution is 2.30. The van der Waals surface area contributed by atoms with E-state index in [0.29, 0.717) is 11.0 Å². The van der Waals surface area contributed by atoms with Crippen molar-refractivity contribution in [3.63, 3.8) is 0 Å². The number of nitriles is 1. The molecule has 1 atom stereocenters. The van der Waals surface area contributed by atoms with Crippen LogP contribution in [0.3, 0.4) is 0 Å².